The monoisotopic (exact) mass is 287 g/mol. The van der Waals surface area contributed by atoms with Gasteiger partial charge < -0.3 is 10.5 Å². The molecule has 0 spiro atoms. The Labute approximate surface area is 124 Å². The highest BCUT2D eigenvalue weighted by Gasteiger charge is 2.32. The van der Waals surface area contributed by atoms with Crippen molar-refractivity contribution >= 4 is 11.3 Å². The van der Waals surface area contributed by atoms with E-state index in [1.165, 1.54) is 26.4 Å². The zero-order valence-electron chi connectivity index (χ0n) is 12.5. The van der Waals surface area contributed by atoms with Crippen LogP contribution in [0.25, 0.3) is 0 Å². The number of ether oxygens (including phenoxy) is 1. The van der Waals surface area contributed by atoms with Crippen molar-refractivity contribution in [2.75, 3.05) is 6.61 Å². The molecule has 2 nitrogen and oxygen atoms in total. The lowest BCUT2D eigenvalue weighted by molar-refractivity contribution is 0.291. The van der Waals surface area contributed by atoms with Crippen LogP contribution < -0.4 is 10.5 Å². The first-order valence-electron chi connectivity index (χ1n) is 6.98. The van der Waals surface area contributed by atoms with Crippen molar-refractivity contribution in [2.24, 2.45) is 5.73 Å². The van der Waals surface area contributed by atoms with E-state index in [-0.39, 0.29) is 11.5 Å². The number of aryl methyl sites for hydroxylation is 2. The molecule has 0 aliphatic carbocycles. The molecule has 3 rings (SSSR count). The van der Waals surface area contributed by atoms with Crippen molar-refractivity contribution in [3.63, 3.8) is 0 Å². The molecule has 1 aliphatic heterocycles. The van der Waals surface area contributed by atoms with Crippen LogP contribution in [-0.4, -0.2) is 6.61 Å². The standard InChI is InChI=1S/C17H21NOS/c1-10-7-15(20-11(10)2)16(18)12-5-6-14-13(8-12)17(3,4)9-19-14/h5-8,16H,9,18H2,1-4H3. The average Bonchev–Trinajstić information content (AvgIpc) is 2.90. The molecule has 1 atom stereocenters. The second-order valence-corrected chi connectivity index (χ2v) is 7.58. The second-order valence-electron chi connectivity index (χ2n) is 6.29. The van der Waals surface area contributed by atoms with Gasteiger partial charge >= 0.3 is 0 Å². The van der Waals surface area contributed by atoms with Crippen LogP contribution in [0, 0.1) is 13.8 Å². The first kappa shape index (κ1) is 13.7. The van der Waals surface area contributed by atoms with Gasteiger partial charge in [0.05, 0.1) is 12.6 Å². The number of fused-ring (bicyclic) bond motifs is 1. The van der Waals surface area contributed by atoms with Gasteiger partial charge in [-0.25, -0.2) is 0 Å². The van der Waals surface area contributed by atoms with Crippen molar-refractivity contribution < 1.29 is 4.74 Å². The maximum Gasteiger partial charge on any atom is 0.123 e. The van der Waals surface area contributed by atoms with E-state index in [2.05, 4.69) is 52.0 Å². The van der Waals surface area contributed by atoms with E-state index >= 15 is 0 Å². The molecule has 1 unspecified atom stereocenters. The van der Waals surface area contributed by atoms with Crippen LogP contribution in [-0.2, 0) is 5.41 Å². The third-order valence-corrected chi connectivity index (χ3v) is 5.41. The number of nitrogens with two attached hydrogens (primary N) is 1. The normalized spacial score (nSPS) is 17.6. The van der Waals surface area contributed by atoms with E-state index in [4.69, 9.17) is 10.5 Å². The summed E-state index contributed by atoms with van der Waals surface area (Å²) >= 11 is 1.79. The Hall–Kier alpha value is -1.32. The molecule has 3 heteroatoms. The van der Waals surface area contributed by atoms with Crippen LogP contribution in [0.2, 0.25) is 0 Å². The van der Waals surface area contributed by atoms with Crippen molar-refractivity contribution in [3.8, 4) is 5.75 Å². The van der Waals surface area contributed by atoms with E-state index < -0.39 is 0 Å². The molecule has 0 saturated heterocycles. The number of rotatable bonds is 2. The molecule has 2 aromatic rings. The van der Waals surface area contributed by atoms with E-state index in [1.807, 2.05) is 0 Å². The molecule has 0 saturated carbocycles. The second kappa shape index (κ2) is 4.61. The molecule has 1 aromatic carbocycles. The van der Waals surface area contributed by atoms with Crippen molar-refractivity contribution in [1.29, 1.82) is 0 Å². The molecule has 1 aromatic heterocycles. The first-order valence-corrected chi connectivity index (χ1v) is 7.80. The largest absolute Gasteiger partial charge is 0.492 e. The van der Waals surface area contributed by atoms with Gasteiger partial charge in [0, 0.05) is 20.7 Å². The van der Waals surface area contributed by atoms with Crippen molar-refractivity contribution in [1.82, 2.24) is 0 Å². The molecule has 2 heterocycles. The van der Waals surface area contributed by atoms with Gasteiger partial charge in [0.25, 0.3) is 0 Å². The van der Waals surface area contributed by atoms with Crippen LogP contribution in [0.5, 0.6) is 5.75 Å². The molecule has 2 N–H and O–H groups in total. The van der Waals surface area contributed by atoms with Crippen molar-refractivity contribution in [2.45, 2.75) is 39.2 Å². The molecule has 0 amide bonds. The lowest BCUT2D eigenvalue weighted by atomic mass is 9.85. The van der Waals surface area contributed by atoms with E-state index in [0.29, 0.717) is 0 Å². The molecule has 0 fully saturated rings. The molecule has 1 aliphatic rings. The lowest BCUT2D eigenvalue weighted by Crippen LogP contribution is -2.19. The fraction of sp³-hybridized carbons (Fsp3) is 0.412. The minimum atomic E-state index is -0.0471. The maximum absolute atomic E-state index is 6.45. The zero-order valence-corrected chi connectivity index (χ0v) is 13.3. The minimum absolute atomic E-state index is 0.0471. The van der Waals surface area contributed by atoms with Crippen molar-refractivity contribution in [3.05, 3.63) is 50.7 Å². The summed E-state index contributed by atoms with van der Waals surface area (Å²) in [7, 11) is 0. The minimum Gasteiger partial charge on any atom is -0.492 e. The van der Waals surface area contributed by atoms with Crippen LogP contribution in [0.15, 0.2) is 24.3 Å². The summed E-state index contributed by atoms with van der Waals surface area (Å²) < 4.78 is 5.74. The Morgan fingerprint density at radius 2 is 2.00 bits per heavy atom. The van der Waals surface area contributed by atoms with Gasteiger partial charge in [-0.3, -0.25) is 0 Å². The summed E-state index contributed by atoms with van der Waals surface area (Å²) in [5.74, 6) is 1.00. The van der Waals surface area contributed by atoms with Gasteiger partial charge in [0.2, 0.25) is 0 Å². The predicted octanol–water partition coefficient (Wildman–Crippen LogP) is 4.08. The average molecular weight is 287 g/mol. The molecule has 20 heavy (non-hydrogen) atoms. The zero-order chi connectivity index (χ0) is 14.5. The lowest BCUT2D eigenvalue weighted by Gasteiger charge is -2.17. The fourth-order valence-corrected chi connectivity index (χ4v) is 3.72. The van der Waals surface area contributed by atoms with Gasteiger partial charge in [0.1, 0.15) is 5.75 Å². The topological polar surface area (TPSA) is 35.2 Å². The summed E-state index contributed by atoms with van der Waals surface area (Å²) in [6.45, 7) is 9.47. The van der Waals surface area contributed by atoms with Crippen LogP contribution >= 0.6 is 11.3 Å². The summed E-state index contributed by atoms with van der Waals surface area (Å²) in [4.78, 5) is 2.58. The number of hydrogen-bond donors (Lipinski definition) is 1. The van der Waals surface area contributed by atoms with E-state index in [0.717, 1.165) is 12.4 Å². The molecular weight excluding hydrogens is 266 g/mol. The van der Waals surface area contributed by atoms with Crippen LogP contribution in [0.4, 0.5) is 0 Å². The van der Waals surface area contributed by atoms with Gasteiger partial charge in [0.15, 0.2) is 0 Å². The van der Waals surface area contributed by atoms with Gasteiger partial charge in [-0.05, 0) is 43.2 Å². The van der Waals surface area contributed by atoms with E-state index in [1.54, 1.807) is 11.3 Å². The first-order chi connectivity index (χ1) is 9.38. The third-order valence-electron chi connectivity index (χ3n) is 4.17. The summed E-state index contributed by atoms with van der Waals surface area (Å²) in [6.07, 6.45) is 0. The smallest absolute Gasteiger partial charge is 0.123 e. The Kier molecular flexibility index (Phi) is 3.14. The Morgan fingerprint density at radius 1 is 1.25 bits per heavy atom. The Balaban J connectivity index is 1.99. The third kappa shape index (κ3) is 2.15. The number of benzene rings is 1. The Bertz CT molecular complexity index is 638. The van der Waals surface area contributed by atoms with Gasteiger partial charge in [-0.1, -0.05) is 19.9 Å². The molecule has 106 valence electrons. The molecular formula is C17H21NOS. The highest BCUT2D eigenvalue weighted by Crippen LogP contribution is 2.40. The SMILES string of the molecule is Cc1cc(C(N)c2ccc3c(c2)C(C)(C)CO3)sc1C. The van der Waals surface area contributed by atoms with Crippen LogP contribution in [0.3, 0.4) is 0 Å². The highest BCUT2D eigenvalue weighted by atomic mass is 32.1. The van der Waals surface area contributed by atoms with Crippen LogP contribution in [0.1, 0.15) is 46.3 Å². The highest BCUT2D eigenvalue weighted by molar-refractivity contribution is 7.12. The summed E-state index contributed by atoms with van der Waals surface area (Å²) in [6, 6.07) is 8.54. The maximum atomic E-state index is 6.45. The fourth-order valence-electron chi connectivity index (χ4n) is 2.65. The Morgan fingerprint density at radius 3 is 2.65 bits per heavy atom. The summed E-state index contributed by atoms with van der Waals surface area (Å²) in [5.41, 5.74) is 10.3. The quantitative estimate of drug-likeness (QED) is 0.903. The number of hydrogen-bond acceptors (Lipinski definition) is 3. The molecule has 0 bridgehead atoms. The predicted molar refractivity (Wildman–Crippen MR) is 84.8 cm³/mol. The number of thiophene rings is 1. The van der Waals surface area contributed by atoms with Gasteiger partial charge in [-0.2, -0.15) is 0 Å². The summed E-state index contributed by atoms with van der Waals surface area (Å²) in [5, 5.41) is 0. The molecule has 0 radical (unpaired) electrons. The van der Waals surface area contributed by atoms with Gasteiger partial charge in [-0.15, -0.1) is 11.3 Å². The van der Waals surface area contributed by atoms with E-state index in [9.17, 15) is 0 Å².